The van der Waals surface area contributed by atoms with Crippen molar-refractivity contribution in [3.8, 4) is 0 Å². The molecular weight excluding hydrogens is 210 g/mol. The van der Waals surface area contributed by atoms with Gasteiger partial charge in [-0.25, -0.2) is 0 Å². The Balaban J connectivity index is 2.15. The molecule has 4 heteroatoms. The lowest BCUT2D eigenvalue weighted by molar-refractivity contribution is -0.138. The second-order valence-corrected chi connectivity index (χ2v) is 4.38. The van der Waals surface area contributed by atoms with Gasteiger partial charge in [0, 0.05) is 5.75 Å². The van der Waals surface area contributed by atoms with Crippen LogP contribution in [-0.4, -0.2) is 22.9 Å². The van der Waals surface area contributed by atoms with Gasteiger partial charge in [-0.3, -0.25) is 4.79 Å². The normalized spacial score (nSPS) is 12.3. The third kappa shape index (κ3) is 4.85. The van der Waals surface area contributed by atoms with Gasteiger partial charge in [0.2, 0.25) is 0 Å². The number of thioether (sulfide) groups is 1. The summed E-state index contributed by atoms with van der Waals surface area (Å²) in [6, 6.07) is 9.37. The lowest BCUT2D eigenvalue weighted by atomic mass is 10.2. The Morgan fingerprint density at radius 1 is 1.40 bits per heavy atom. The van der Waals surface area contributed by atoms with Crippen molar-refractivity contribution < 1.29 is 9.90 Å². The smallest absolute Gasteiger partial charge is 0.320 e. The molecule has 0 aliphatic carbocycles. The van der Waals surface area contributed by atoms with Crippen molar-refractivity contribution in [2.45, 2.75) is 18.2 Å². The molecule has 15 heavy (non-hydrogen) atoms. The Morgan fingerprint density at radius 3 is 2.67 bits per heavy atom. The van der Waals surface area contributed by atoms with Crippen molar-refractivity contribution in [2.75, 3.05) is 5.75 Å². The Bertz CT molecular complexity index is 303. The van der Waals surface area contributed by atoms with Gasteiger partial charge in [-0.2, -0.15) is 11.8 Å². The van der Waals surface area contributed by atoms with Crippen molar-refractivity contribution in [3.63, 3.8) is 0 Å². The molecule has 3 N–H and O–H groups in total. The maximum absolute atomic E-state index is 10.4. The topological polar surface area (TPSA) is 63.3 Å². The highest BCUT2D eigenvalue weighted by Crippen LogP contribution is 2.13. The van der Waals surface area contributed by atoms with Crippen LogP contribution in [0.15, 0.2) is 30.3 Å². The van der Waals surface area contributed by atoms with Gasteiger partial charge in [0.25, 0.3) is 0 Å². The molecule has 0 saturated heterocycles. The minimum Gasteiger partial charge on any atom is -0.480 e. The molecule has 0 aromatic heterocycles. The molecule has 1 aromatic rings. The van der Waals surface area contributed by atoms with Crippen LogP contribution in [0.4, 0.5) is 0 Å². The average molecular weight is 225 g/mol. The Morgan fingerprint density at radius 2 is 2.07 bits per heavy atom. The van der Waals surface area contributed by atoms with E-state index in [0.717, 1.165) is 11.5 Å². The second-order valence-electron chi connectivity index (χ2n) is 3.27. The number of hydrogen-bond acceptors (Lipinski definition) is 3. The summed E-state index contributed by atoms with van der Waals surface area (Å²) in [5.74, 6) is 0.769. The number of rotatable bonds is 6. The monoisotopic (exact) mass is 225 g/mol. The zero-order valence-electron chi connectivity index (χ0n) is 8.43. The van der Waals surface area contributed by atoms with E-state index in [1.165, 1.54) is 5.56 Å². The zero-order chi connectivity index (χ0) is 11.1. The molecule has 0 fully saturated rings. The zero-order valence-corrected chi connectivity index (χ0v) is 9.24. The van der Waals surface area contributed by atoms with Gasteiger partial charge in [0.05, 0.1) is 0 Å². The van der Waals surface area contributed by atoms with Crippen molar-refractivity contribution in [1.29, 1.82) is 0 Å². The summed E-state index contributed by atoms with van der Waals surface area (Å²) in [4.78, 5) is 10.4. The van der Waals surface area contributed by atoms with Crippen LogP contribution in [-0.2, 0) is 10.5 Å². The molecule has 0 amide bonds. The van der Waals surface area contributed by atoms with Crippen LogP contribution < -0.4 is 5.73 Å². The molecule has 3 nitrogen and oxygen atoms in total. The number of carboxylic acid groups (broad SMARTS) is 1. The minimum absolute atomic E-state index is 0.521. The highest BCUT2D eigenvalue weighted by Gasteiger charge is 2.09. The molecule has 0 aliphatic heterocycles. The molecule has 1 rings (SSSR count). The van der Waals surface area contributed by atoms with Crippen LogP contribution in [0, 0.1) is 0 Å². The van der Waals surface area contributed by atoms with Gasteiger partial charge in [0.15, 0.2) is 0 Å². The highest BCUT2D eigenvalue weighted by atomic mass is 32.2. The number of nitrogens with two attached hydrogens (primary N) is 1. The number of carbonyl (C=O) groups is 1. The van der Waals surface area contributed by atoms with Crippen molar-refractivity contribution >= 4 is 17.7 Å². The van der Waals surface area contributed by atoms with Gasteiger partial charge in [-0.05, 0) is 17.7 Å². The second kappa shape index (κ2) is 6.48. The number of carboxylic acids is 1. The third-order valence-corrected chi connectivity index (χ3v) is 3.06. The van der Waals surface area contributed by atoms with Crippen LogP contribution >= 0.6 is 11.8 Å². The number of benzene rings is 1. The summed E-state index contributed by atoms with van der Waals surface area (Å²) in [5.41, 5.74) is 6.64. The maximum Gasteiger partial charge on any atom is 0.320 e. The van der Waals surface area contributed by atoms with Gasteiger partial charge < -0.3 is 10.8 Å². The fourth-order valence-electron chi connectivity index (χ4n) is 1.10. The first-order valence-corrected chi connectivity index (χ1v) is 5.95. The van der Waals surface area contributed by atoms with Crippen molar-refractivity contribution in [2.24, 2.45) is 5.73 Å². The Kier molecular flexibility index (Phi) is 5.21. The van der Waals surface area contributed by atoms with Crippen molar-refractivity contribution in [1.82, 2.24) is 0 Å². The van der Waals surface area contributed by atoms with E-state index in [-0.39, 0.29) is 0 Å². The van der Waals surface area contributed by atoms with E-state index in [2.05, 4.69) is 12.1 Å². The van der Waals surface area contributed by atoms with Crippen molar-refractivity contribution in [3.05, 3.63) is 35.9 Å². The van der Waals surface area contributed by atoms with Crippen LogP contribution in [0.5, 0.6) is 0 Å². The summed E-state index contributed by atoms with van der Waals surface area (Å²) < 4.78 is 0. The van der Waals surface area contributed by atoms with E-state index in [1.54, 1.807) is 11.8 Å². The summed E-state index contributed by atoms with van der Waals surface area (Å²) in [6.07, 6.45) is 0.521. The summed E-state index contributed by atoms with van der Waals surface area (Å²) in [5, 5.41) is 8.56. The molecule has 82 valence electrons. The van der Waals surface area contributed by atoms with E-state index in [4.69, 9.17) is 10.8 Å². The Hall–Kier alpha value is -1.00. The Labute approximate surface area is 93.7 Å². The van der Waals surface area contributed by atoms with Crippen LogP contribution in [0.2, 0.25) is 0 Å². The van der Waals surface area contributed by atoms with E-state index in [1.807, 2.05) is 18.2 Å². The van der Waals surface area contributed by atoms with Crippen LogP contribution in [0.1, 0.15) is 12.0 Å². The average Bonchev–Trinajstić information content (AvgIpc) is 2.25. The lowest BCUT2D eigenvalue weighted by Gasteiger charge is -2.05. The standard InChI is InChI=1S/C11H15NO2S/c12-10(11(13)14)6-7-15-8-9-4-2-1-3-5-9/h1-5,10H,6-8,12H2,(H,13,14). The van der Waals surface area contributed by atoms with Gasteiger partial charge >= 0.3 is 5.97 Å². The van der Waals surface area contributed by atoms with E-state index in [9.17, 15) is 4.79 Å². The largest absolute Gasteiger partial charge is 0.480 e. The van der Waals surface area contributed by atoms with Gasteiger partial charge in [-0.1, -0.05) is 30.3 Å². The van der Waals surface area contributed by atoms with Crippen LogP contribution in [0.25, 0.3) is 0 Å². The molecule has 0 saturated carbocycles. The summed E-state index contributed by atoms with van der Waals surface area (Å²) in [7, 11) is 0. The molecule has 0 heterocycles. The molecule has 1 aromatic carbocycles. The first kappa shape index (κ1) is 12.1. The fraction of sp³-hybridized carbons (Fsp3) is 0.364. The first-order chi connectivity index (χ1) is 7.20. The van der Waals surface area contributed by atoms with Gasteiger partial charge in [0.1, 0.15) is 6.04 Å². The first-order valence-electron chi connectivity index (χ1n) is 4.80. The highest BCUT2D eigenvalue weighted by molar-refractivity contribution is 7.98. The van der Waals surface area contributed by atoms with E-state index in [0.29, 0.717) is 6.42 Å². The van der Waals surface area contributed by atoms with E-state index < -0.39 is 12.0 Å². The molecular formula is C11H15NO2S. The molecule has 0 bridgehead atoms. The molecule has 1 atom stereocenters. The number of aliphatic carboxylic acids is 1. The summed E-state index contributed by atoms with van der Waals surface area (Å²) in [6.45, 7) is 0. The van der Waals surface area contributed by atoms with Crippen LogP contribution in [0.3, 0.4) is 0 Å². The fourth-order valence-corrected chi connectivity index (χ4v) is 2.09. The lowest BCUT2D eigenvalue weighted by Crippen LogP contribution is -2.30. The SMILES string of the molecule is NC(CCSCc1ccccc1)C(=O)O. The predicted octanol–water partition coefficient (Wildman–Crippen LogP) is 1.72. The number of hydrogen-bond donors (Lipinski definition) is 2. The maximum atomic E-state index is 10.4. The van der Waals surface area contributed by atoms with E-state index >= 15 is 0 Å². The quantitative estimate of drug-likeness (QED) is 0.724. The molecule has 1 unspecified atom stereocenters. The molecule has 0 radical (unpaired) electrons. The molecule has 0 spiro atoms. The molecule has 0 aliphatic rings. The third-order valence-electron chi connectivity index (χ3n) is 2.00. The predicted molar refractivity (Wildman–Crippen MR) is 62.8 cm³/mol. The minimum atomic E-state index is -0.921. The summed E-state index contributed by atoms with van der Waals surface area (Å²) >= 11 is 1.71. The van der Waals surface area contributed by atoms with Gasteiger partial charge in [-0.15, -0.1) is 0 Å².